The molecule has 1 heterocycles. The molecule has 0 spiro atoms. The molecule has 2 N–H and O–H groups in total. The Labute approximate surface area is 123 Å². The maximum absolute atomic E-state index is 9.10. The summed E-state index contributed by atoms with van der Waals surface area (Å²) in [5.74, 6) is 0.688. The molecule has 1 aromatic carbocycles. The van der Waals surface area contributed by atoms with Crippen LogP contribution in [0.3, 0.4) is 0 Å². The summed E-state index contributed by atoms with van der Waals surface area (Å²) in [7, 11) is 0. The van der Waals surface area contributed by atoms with Crippen molar-refractivity contribution in [3.63, 3.8) is 0 Å². The van der Waals surface area contributed by atoms with E-state index in [-0.39, 0.29) is 6.61 Å². The van der Waals surface area contributed by atoms with E-state index in [2.05, 4.69) is 36.2 Å². The van der Waals surface area contributed by atoms with Gasteiger partial charge in [-0.25, -0.2) is 0 Å². The SMILES string of the molecule is CC(C)CN(Cc1ccc(CO)cc1)CC1CCCN1. The van der Waals surface area contributed by atoms with Gasteiger partial charge < -0.3 is 10.4 Å². The third-order valence-corrected chi connectivity index (χ3v) is 3.88. The van der Waals surface area contributed by atoms with Crippen molar-refractivity contribution < 1.29 is 5.11 Å². The van der Waals surface area contributed by atoms with Crippen molar-refractivity contribution >= 4 is 0 Å². The second-order valence-electron chi connectivity index (χ2n) is 6.36. The zero-order valence-corrected chi connectivity index (χ0v) is 12.8. The van der Waals surface area contributed by atoms with E-state index in [0.29, 0.717) is 12.0 Å². The summed E-state index contributed by atoms with van der Waals surface area (Å²) in [5.41, 5.74) is 2.32. The van der Waals surface area contributed by atoms with Crippen molar-refractivity contribution in [1.29, 1.82) is 0 Å². The van der Waals surface area contributed by atoms with E-state index in [9.17, 15) is 0 Å². The van der Waals surface area contributed by atoms with Crippen molar-refractivity contribution in [2.75, 3.05) is 19.6 Å². The van der Waals surface area contributed by atoms with Crippen LogP contribution in [0.4, 0.5) is 0 Å². The fraction of sp³-hybridized carbons (Fsp3) is 0.647. The molecule has 1 saturated heterocycles. The molecule has 1 aliphatic rings. The van der Waals surface area contributed by atoms with Gasteiger partial charge in [-0.15, -0.1) is 0 Å². The molecule has 1 fully saturated rings. The molecule has 0 aromatic heterocycles. The first-order valence-corrected chi connectivity index (χ1v) is 7.82. The number of hydrogen-bond acceptors (Lipinski definition) is 3. The Balaban J connectivity index is 1.94. The molecule has 0 amide bonds. The number of aliphatic hydroxyl groups is 1. The Morgan fingerprint density at radius 2 is 1.95 bits per heavy atom. The van der Waals surface area contributed by atoms with Crippen LogP contribution >= 0.6 is 0 Å². The summed E-state index contributed by atoms with van der Waals surface area (Å²) in [5, 5.41) is 12.7. The summed E-state index contributed by atoms with van der Waals surface area (Å²) >= 11 is 0. The van der Waals surface area contributed by atoms with Gasteiger partial charge in [-0.05, 0) is 36.4 Å². The Bertz CT molecular complexity index is 382. The van der Waals surface area contributed by atoms with E-state index in [1.54, 1.807) is 0 Å². The quantitative estimate of drug-likeness (QED) is 0.802. The average molecular weight is 276 g/mol. The Morgan fingerprint density at radius 1 is 1.25 bits per heavy atom. The lowest BCUT2D eigenvalue weighted by Gasteiger charge is -2.27. The molecule has 1 aromatic rings. The molecule has 1 aliphatic heterocycles. The third kappa shape index (κ3) is 4.89. The molecule has 0 bridgehead atoms. The van der Waals surface area contributed by atoms with Gasteiger partial charge in [-0.3, -0.25) is 4.90 Å². The minimum atomic E-state index is 0.127. The van der Waals surface area contributed by atoms with Crippen molar-refractivity contribution in [3.05, 3.63) is 35.4 Å². The van der Waals surface area contributed by atoms with Crippen LogP contribution in [0.25, 0.3) is 0 Å². The van der Waals surface area contributed by atoms with Gasteiger partial charge in [0, 0.05) is 25.7 Å². The van der Waals surface area contributed by atoms with Crippen LogP contribution in [0.1, 0.15) is 37.8 Å². The highest BCUT2D eigenvalue weighted by molar-refractivity contribution is 5.21. The molecule has 3 heteroatoms. The monoisotopic (exact) mass is 276 g/mol. The average Bonchev–Trinajstić information content (AvgIpc) is 2.91. The van der Waals surface area contributed by atoms with E-state index < -0.39 is 0 Å². The maximum atomic E-state index is 9.10. The lowest BCUT2D eigenvalue weighted by molar-refractivity contribution is 0.216. The molecule has 0 radical (unpaired) electrons. The summed E-state index contributed by atoms with van der Waals surface area (Å²) in [6.45, 7) is 9.14. The van der Waals surface area contributed by atoms with Crippen molar-refractivity contribution in [2.45, 2.75) is 45.9 Å². The number of hydrogen-bond donors (Lipinski definition) is 2. The van der Waals surface area contributed by atoms with Crippen LogP contribution < -0.4 is 5.32 Å². The van der Waals surface area contributed by atoms with Crippen LogP contribution in [0, 0.1) is 5.92 Å². The molecule has 2 rings (SSSR count). The fourth-order valence-corrected chi connectivity index (χ4v) is 2.95. The van der Waals surface area contributed by atoms with Gasteiger partial charge in [0.2, 0.25) is 0 Å². The maximum Gasteiger partial charge on any atom is 0.0681 e. The minimum absolute atomic E-state index is 0.127. The predicted molar refractivity (Wildman–Crippen MR) is 83.5 cm³/mol. The summed E-state index contributed by atoms with van der Waals surface area (Å²) in [6.07, 6.45) is 2.61. The Hall–Kier alpha value is -0.900. The smallest absolute Gasteiger partial charge is 0.0681 e. The summed E-state index contributed by atoms with van der Waals surface area (Å²) < 4.78 is 0. The van der Waals surface area contributed by atoms with Crippen molar-refractivity contribution in [3.8, 4) is 0 Å². The largest absolute Gasteiger partial charge is 0.392 e. The molecular weight excluding hydrogens is 248 g/mol. The molecule has 20 heavy (non-hydrogen) atoms. The first-order valence-electron chi connectivity index (χ1n) is 7.82. The van der Waals surface area contributed by atoms with Crippen LogP contribution in [-0.2, 0) is 13.2 Å². The number of aliphatic hydroxyl groups excluding tert-OH is 1. The fourth-order valence-electron chi connectivity index (χ4n) is 2.95. The molecule has 1 atom stereocenters. The van der Waals surface area contributed by atoms with Gasteiger partial charge in [0.25, 0.3) is 0 Å². The summed E-state index contributed by atoms with van der Waals surface area (Å²) in [6, 6.07) is 8.99. The van der Waals surface area contributed by atoms with E-state index in [1.807, 2.05) is 12.1 Å². The van der Waals surface area contributed by atoms with Crippen LogP contribution in [0.2, 0.25) is 0 Å². The predicted octanol–water partition coefficient (Wildman–Crippen LogP) is 2.39. The van der Waals surface area contributed by atoms with E-state index in [4.69, 9.17) is 5.11 Å². The lowest BCUT2D eigenvalue weighted by Crippen LogP contribution is -2.38. The molecule has 1 unspecified atom stereocenters. The van der Waals surface area contributed by atoms with Gasteiger partial charge in [-0.1, -0.05) is 38.1 Å². The highest BCUT2D eigenvalue weighted by Crippen LogP contribution is 2.13. The van der Waals surface area contributed by atoms with E-state index >= 15 is 0 Å². The van der Waals surface area contributed by atoms with Gasteiger partial charge in [-0.2, -0.15) is 0 Å². The Kier molecular flexibility index (Phi) is 6.02. The highest BCUT2D eigenvalue weighted by Gasteiger charge is 2.18. The molecule has 0 saturated carbocycles. The van der Waals surface area contributed by atoms with Gasteiger partial charge in [0.1, 0.15) is 0 Å². The second-order valence-corrected chi connectivity index (χ2v) is 6.36. The first kappa shape index (κ1) is 15.5. The van der Waals surface area contributed by atoms with E-state index in [1.165, 1.54) is 24.9 Å². The zero-order valence-electron chi connectivity index (χ0n) is 12.8. The highest BCUT2D eigenvalue weighted by atomic mass is 16.3. The van der Waals surface area contributed by atoms with Gasteiger partial charge in [0.15, 0.2) is 0 Å². The van der Waals surface area contributed by atoms with Gasteiger partial charge in [0.05, 0.1) is 6.61 Å². The standard InChI is InChI=1S/C17H28N2O/c1-14(2)10-19(12-17-4-3-9-18-17)11-15-5-7-16(13-20)8-6-15/h5-8,14,17-18,20H,3-4,9-13H2,1-2H3. The number of rotatable bonds is 7. The second kappa shape index (κ2) is 7.77. The first-order chi connectivity index (χ1) is 9.67. The zero-order chi connectivity index (χ0) is 14.4. The minimum Gasteiger partial charge on any atom is -0.392 e. The van der Waals surface area contributed by atoms with Crippen molar-refractivity contribution in [2.24, 2.45) is 5.92 Å². The van der Waals surface area contributed by atoms with Crippen LogP contribution in [-0.4, -0.2) is 35.7 Å². The van der Waals surface area contributed by atoms with Crippen molar-refractivity contribution in [1.82, 2.24) is 10.2 Å². The lowest BCUT2D eigenvalue weighted by atomic mass is 10.1. The third-order valence-electron chi connectivity index (χ3n) is 3.88. The molecule has 112 valence electrons. The normalized spacial score (nSPS) is 19.1. The number of benzene rings is 1. The molecule has 0 aliphatic carbocycles. The topological polar surface area (TPSA) is 35.5 Å². The molecule has 3 nitrogen and oxygen atoms in total. The number of nitrogens with one attached hydrogen (secondary N) is 1. The van der Waals surface area contributed by atoms with Crippen LogP contribution in [0.15, 0.2) is 24.3 Å². The van der Waals surface area contributed by atoms with E-state index in [0.717, 1.165) is 25.2 Å². The summed E-state index contributed by atoms with van der Waals surface area (Å²) in [4.78, 5) is 2.56. The van der Waals surface area contributed by atoms with Gasteiger partial charge >= 0.3 is 0 Å². The molecular formula is C17H28N2O. The number of nitrogens with zero attached hydrogens (tertiary/aromatic N) is 1. The van der Waals surface area contributed by atoms with Crippen LogP contribution in [0.5, 0.6) is 0 Å². The Morgan fingerprint density at radius 3 is 2.50 bits per heavy atom.